The van der Waals surface area contributed by atoms with Crippen LogP contribution in [0.4, 0.5) is 0 Å². The first kappa shape index (κ1) is 13.3. The lowest BCUT2D eigenvalue weighted by Gasteiger charge is -2.05. The van der Waals surface area contributed by atoms with Gasteiger partial charge in [-0.1, -0.05) is 11.6 Å². The predicted octanol–water partition coefficient (Wildman–Crippen LogP) is 3.43. The first-order valence-corrected chi connectivity index (χ1v) is 6.15. The summed E-state index contributed by atoms with van der Waals surface area (Å²) in [6.45, 7) is 4.54. The first-order valence-electron chi connectivity index (χ1n) is 4.91. The van der Waals surface area contributed by atoms with E-state index in [1.807, 2.05) is 32.1 Å². The molecule has 0 unspecified atom stereocenters. The summed E-state index contributed by atoms with van der Waals surface area (Å²) in [5.74, 6) is -0.0970. The average molecular weight is 300 g/mol. The van der Waals surface area contributed by atoms with E-state index in [1.165, 1.54) is 5.57 Å². The molecular formula is C12H14BrNOS. The number of carbonyl (C=O) groups excluding carboxylic acids is 1. The van der Waals surface area contributed by atoms with Gasteiger partial charge in [-0.3, -0.25) is 4.79 Å². The highest BCUT2D eigenvalue weighted by Crippen LogP contribution is 2.19. The maximum absolute atomic E-state index is 11.8. The van der Waals surface area contributed by atoms with Crippen LogP contribution in [0.2, 0.25) is 0 Å². The highest BCUT2D eigenvalue weighted by Gasteiger charge is 2.08. The molecule has 2 nitrogen and oxygen atoms in total. The second-order valence-electron chi connectivity index (χ2n) is 3.66. The molecule has 0 heterocycles. The van der Waals surface area contributed by atoms with E-state index in [2.05, 4.69) is 33.9 Å². The molecular weight excluding hydrogens is 286 g/mol. The van der Waals surface area contributed by atoms with Crippen LogP contribution in [0.1, 0.15) is 24.2 Å². The third-order valence-electron chi connectivity index (χ3n) is 1.97. The summed E-state index contributed by atoms with van der Waals surface area (Å²) in [6, 6.07) is 5.39. The monoisotopic (exact) mass is 299 g/mol. The number of carbonyl (C=O) groups is 1. The molecule has 0 atom stereocenters. The normalized spacial score (nSPS) is 9.75. The van der Waals surface area contributed by atoms with E-state index >= 15 is 0 Å². The number of halogens is 1. The van der Waals surface area contributed by atoms with Crippen molar-refractivity contribution in [1.82, 2.24) is 5.32 Å². The van der Waals surface area contributed by atoms with Gasteiger partial charge in [-0.05, 0) is 48.0 Å². The smallest absolute Gasteiger partial charge is 0.252 e. The number of rotatable bonds is 3. The number of nitrogens with one attached hydrogen (secondary N) is 1. The maximum atomic E-state index is 11.8. The fourth-order valence-electron chi connectivity index (χ4n) is 1.13. The van der Waals surface area contributed by atoms with Crippen LogP contribution in [0, 0.1) is 0 Å². The fourth-order valence-corrected chi connectivity index (χ4v) is 1.76. The standard InChI is InChI=1S/C12H14BrNOS/c1-8(2)5-6-14-12(15)10-7-9(16)3-4-11(10)13/h3-5,7,16H,6H2,1-2H3,(H,14,15). The van der Waals surface area contributed by atoms with Crippen LogP contribution in [0.3, 0.4) is 0 Å². The van der Waals surface area contributed by atoms with Crippen molar-refractivity contribution in [2.24, 2.45) is 0 Å². The van der Waals surface area contributed by atoms with Crippen molar-refractivity contribution >= 4 is 34.5 Å². The third-order valence-corrected chi connectivity index (χ3v) is 2.94. The lowest BCUT2D eigenvalue weighted by atomic mass is 10.2. The van der Waals surface area contributed by atoms with Gasteiger partial charge in [-0.2, -0.15) is 0 Å². The quantitative estimate of drug-likeness (QED) is 0.650. The van der Waals surface area contributed by atoms with E-state index in [0.29, 0.717) is 12.1 Å². The second-order valence-corrected chi connectivity index (χ2v) is 5.03. The largest absolute Gasteiger partial charge is 0.349 e. The fraction of sp³-hybridized carbons (Fsp3) is 0.250. The Morgan fingerprint density at radius 1 is 1.50 bits per heavy atom. The zero-order valence-electron chi connectivity index (χ0n) is 9.25. The Hall–Kier alpha value is -0.740. The Morgan fingerprint density at radius 3 is 2.81 bits per heavy atom. The highest BCUT2D eigenvalue weighted by atomic mass is 79.9. The minimum atomic E-state index is -0.0970. The van der Waals surface area contributed by atoms with Crippen molar-refractivity contribution in [2.75, 3.05) is 6.54 Å². The van der Waals surface area contributed by atoms with Crippen LogP contribution < -0.4 is 5.32 Å². The molecule has 0 bridgehead atoms. The van der Waals surface area contributed by atoms with Gasteiger partial charge in [0.1, 0.15) is 0 Å². The van der Waals surface area contributed by atoms with E-state index in [9.17, 15) is 4.79 Å². The van der Waals surface area contributed by atoms with E-state index in [4.69, 9.17) is 0 Å². The second kappa shape index (κ2) is 6.11. The number of hydrogen-bond donors (Lipinski definition) is 2. The molecule has 86 valence electrons. The van der Waals surface area contributed by atoms with E-state index in [1.54, 1.807) is 6.07 Å². The van der Waals surface area contributed by atoms with E-state index in [-0.39, 0.29) is 5.91 Å². The van der Waals surface area contributed by atoms with Gasteiger partial charge in [-0.25, -0.2) is 0 Å². The number of hydrogen-bond acceptors (Lipinski definition) is 2. The van der Waals surface area contributed by atoms with Crippen molar-refractivity contribution in [3.05, 3.63) is 39.9 Å². The molecule has 4 heteroatoms. The van der Waals surface area contributed by atoms with Gasteiger partial charge >= 0.3 is 0 Å². The molecule has 1 amide bonds. The zero-order valence-corrected chi connectivity index (χ0v) is 11.7. The van der Waals surface area contributed by atoms with Crippen molar-refractivity contribution in [2.45, 2.75) is 18.7 Å². The molecule has 0 aliphatic heterocycles. The van der Waals surface area contributed by atoms with Crippen molar-refractivity contribution in [3.63, 3.8) is 0 Å². The van der Waals surface area contributed by atoms with Gasteiger partial charge < -0.3 is 5.32 Å². The van der Waals surface area contributed by atoms with Crippen LogP contribution in [0.15, 0.2) is 39.2 Å². The highest BCUT2D eigenvalue weighted by molar-refractivity contribution is 9.10. The van der Waals surface area contributed by atoms with Crippen molar-refractivity contribution in [1.29, 1.82) is 0 Å². The molecule has 0 aromatic heterocycles. The molecule has 16 heavy (non-hydrogen) atoms. The van der Waals surface area contributed by atoms with Crippen LogP contribution in [-0.2, 0) is 0 Å². The summed E-state index contributed by atoms with van der Waals surface area (Å²) in [5.41, 5.74) is 1.79. The molecule has 1 aromatic rings. The number of thiol groups is 1. The molecule has 1 aromatic carbocycles. The van der Waals surface area contributed by atoms with Gasteiger partial charge in [0.2, 0.25) is 0 Å². The lowest BCUT2D eigenvalue weighted by molar-refractivity contribution is 0.0957. The van der Waals surface area contributed by atoms with Gasteiger partial charge in [-0.15, -0.1) is 12.6 Å². The first-order chi connectivity index (χ1) is 7.50. The summed E-state index contributed by atoms with van der Waals surface area (Å²) >= 11 is 7.55. The van der Waals surface area contributed by atoms with Crippen molar-refractivity contribution < 1.29 is 4.79 Å². The summed E-state index contributed by atoms with van der Waals surface area (Å²) in [5, 5.41) is 2.82. The predicted molar refractivity (Wildman–Crippen MR) is 73.2 cm³/mol. The van der Waals surface area contributed by atoms with E-state index in [0.717, 1.165) is 9.37 Å². The number of benzene rings is 1. The van der Waals surface area contributed by atoms with Crippen LogP contribution in [0.5, 0.6) is 0 Å². The minimum Gasteiger partial charge on any atom is -0.349 e. The minimum absolute atomic E-state index is 0.0970. The van der Waals surface area contributed by atoms with Gasteiger partial charge in [0.05, 0.1) is 5.56 Å². The Balaban J connectivity index is 2.73. The molecule has 1 rings (SSSR count). The molecule has 0 saturated heterocycles. The van der Waals surface area contributed by atoms with Gasteiger partial charge in [0.25, 0.3) is 5.91 Å². The Morgan fingerprint density at radius 2 is 2.19 bits per heavy atom. The Bertz CT molecular complexity index is 425. The Kier molecular flexibility index (Phi) is 5.09. The summed E-state index contributed by atoms with van der Waals surface area (Å²) in [4.78, 5) is 12.6. The molecule has 0 aliphatic rings. The molecule has 0 fully saturated rings. The Labute approximate surface area is 110 Å². The molecule has 0 saturated carbocycles. The van der Waals surface area contributed by atoms with Gasteiger partial charge in [0.15, 0.2) is 0 Å². The lowest BCUT2D eigenvalue weighted by Crippen LogP contribution is -2.23. The number of allylic oxidation sites excluding steroid dienone is 1. The topological polar surface area (TPSA) is 29.1 Å². The summed E-state index contributed by atoms with van der Waals surface area (Å²) in [6.07, 6.45) is 1.97. The molecule has 0 radical (unpaired) electrons. The van der Waals surface area contributed by atoms with Crippen LogP contribution >= 0.6 is 28.6 Å². The number of amides is 1. The van der Waals surface area contributed by atoms with Crippen LogP contribution in [-0.4, -0.2) is 12.5 Å². The van der Waals surface area contributed by atoms with Crippen molar-refractivity contribution in [3.8, 4) is 0 Å². The molecule has 0 spiro atoms. The molecule has 1 N–H and O–H groups in total. The third kappa shape index (κ3) is 4.02. The SMILES string of the molecule is CC(C)=CCNC(=O)c1cc(S)ccc1Br. The summed E-state index contributed by atoms with van der Waals surface area (Å²) < 4.78 is 0.778. The zero-order chi connectivity index (χ0) is 12.1. The maximum Gasteiger partial charge on any atom is 0.252 e. The van der Waals surface area contributed by atoms with Gasteiger partial charge in [0, 0.05) is 15.9 Å². The molecule has 0 aliphatic carbocycles. The average Bonchev–Trinajstić information content (AvgIpc) is 2.21. The van der Waals surface area contributed by atoms with Crippen LogP contribution in [0.25, 0.3) is 0 Å². The summed E-state index contributed by atoms with van der Waals surface area (Å²) in [7, 11) is 0. The van der Waals surface area contributed by atoms with E-state index < -0.39 is 0 Å².